The zero-order valence-electron chi connectivity index (χ0n) is 11.2. The van der Waals surface area contributed by atoms with E-state index in [1.807, 2.05) is 0 Å². The van der Waals surface area contributed by atoms with E-state index in [2.05, 4.69) is 9.46 Å². The first-order valence-electron chi connectivity index (χ1n) is 5.80. The summed E-state index contributed by atoms with van der Waals surface area (Å²) in [4.78, 5) is 11.4. The maximum Gasteiger partial charge on any atom is 0.349 e. The van der Waals surface area contributed by atoms with E-state index in [4.69, 9.17) is 0 Å². The van der Waals surface area contributed by atoms with Crippen molar-refractivity contribution in [2.45, 2.75) is 11.8 Å². The van der Waals surface area contributed by atoms with E-state index >= 15 is 0 Å². The van der Waals surface area contributed by atoms with E-state index in [1.165, 1.54) is 30.7 Å². The minimum atomic E-state index is -3.95. The van der Waals surface area contributed by atoms with E-state index in [9.17, 15) is 17.6 Å². The number of thiophene rings is 1. The minimum absolute atomic E-state index is 0.00948. The van der Waals surface area contributed by atoms with Crippen LogP contribution in [-0.4, -0.2) is 21.5 Å². The van der Waals surface area contributed by atoms with Crippen LogP contribution < -0.4 is 4.72 Å². The summed E-state index contributed by atoms with van der Waals surface area (Å²) in [5.74, 6) is -1.18. The lowest BCUT2D eigenvalue weighted by molar-refractivity contribution is 0.0602. The average molecular weight is 329 g/mol. The number of carbonyl (C=O) groups is 1. The smallest absolute Gasteiger partial charge is 0.349 e. The molecule has 112 valence electrons. The first kappa shape index (κ1) is 15.5. The highest BCUT2D eigenvalue weighted by Crippen LogP contribution is 2.26. The van der Waals surface area contributed by atoms with Gasteiger partial charge < -0.3 is 4.74 Å². The van der Waals surface area contributed by atoms with Gasteiger partial charge in [0.2, 0.25) is 0 Å². The topological polar surface area (TPSA) is 72.5 Å². The quantitative estimate of drug-likeness (QED) is 0.876. The molecule has 1 aromatic heterocycles. The zero-order valence-corrected chi connectivity index (χ0v) is 12.8. The molecule has 0 aliphatic carbocycles. The Bertz CT molecular complexity index is 783. The van der Waals surface area contributed by atoms with Crippen LogP contribution in [0.5, 0.6) is 0 Å². The van der Waals surface area contributed by atoms with Gasteiger partial charge in [0.15, 0.2) is 0 Å². The number of rotatable bonds is 4. The number of carbonyl (C=O) groups excluding carboxylic acids is 1. The lowest BCUT2D eigenvalue weighted by atomic mass is 10.2. The van der Waals surface area contributed by atoms with Crippen LogP contribution in [0.4, 0.5) is 10.1 Å². The number of nitrogens with one attached hydrogen (secondary N) is 1. The summed E-state index contributed by atoms with van der Waals surface area (Å²) in [5, 5.41) is 1.48. The van der Waals surface area contributed by atoms with Crippen molar-refractivity contribution in [3.63, 3.8) is 0 Å². The maximum absolute atomic E-state index is 13.0. The standard InChI is InChI=1S/C13H12FNO4S2/c1-8-7-9(14)3-4-10(8)15-21(17,18)11-5-6-20-12(11)13(16)19-2/h3-7,15H,1-2H3. The molecule has 0 radical (unpaired) electrons. The van der Waals surface area contributed by atoms with Crippen molar-refractivity contribution >= 4 is 33.0 Å². The molecule has 0 bridgehead atoms. The molecule has 0 aliphatic heterocycles. The highest BCUT2D eigenvalue weighted by Gasteiger charge is 2.25. The molecule has 0 aliphatic rings. The molecular weight excluding hydrogens is 317 g/mol. The van der Waals surface area contributed by atoms with Gasteiger partial charge in [-0.25, -0.2) is 17.6 Å². The largest absolute Gasteiger partial charge is 0.465 e. The number of methoxy groups -OCH3 is 1. The van der Waals surface area contributed by atoms with Gasteiger partial charge in [-0.1, -0.05) is 0 Å². The molecule has 2 aromatic rings. The number of hydrogen-bond acceptors (Lipinski definition) is 5. The van der Waals surface area contributed by atoms with Crippen LogP contribution in [0.25, 0.3) is 0 Å². The van der Waals surface area contributed by atoms with Gasteiger partial charge in [0.1, 0.15) is 15.6 Å². The lowest BCUT2D eigenvalue weighted by Gasteiger charge is -2.10. The summed E-state index contributed by atoms with van der Waals surface area (Å²) < 4.78 is 44.6. The first-order chi connectivity index (χ1) is 9.85. The number of halogens is 1. The number of aryl methyl sites for hydroxylation is 1. The number of esters is 1. The molecule has 1 heterocycles. The molecular formula is C13H12FNO4S2. The predicted octanol–water partition coefficient (Wildman–Crippen LogP) is 2.78. The third-order valence-electron chi connectivity index (χ3n) is 2.72. The molecule has 21 heavy (non-hydrogen) atoms. The Morgan fingerprint density at radius 3 is 2.67 bits per heavy atom. The summed E-state index contributed by atoms with van der Waals surface area (Å²) in [5.41, 5.74) is 0.687. The van der Waals surface area contributed by atoms with Crippen molar-refractivity contribution in [1.29, 1.82) is 0 Å². The van der Waals surface area contributed by atoms with E-state index in [-0.39, 0.29) is 15.5 Å². The highest BCUT2D eigenvalue weighted by molar-refractivity contribution is 7.93. The lowest BCUT2D eigenvalue weighted by Crippen LogP contribution is -2.16. The zero-order chi connectivity index (χ0) is 15.6. The number of anilines is 1. The normalized spacial score (nSPS) is 11.2. The van der Waals surface area contributed by atoms with Crippen LogP contribution in [0.3, 0.4) is 0 Å². The molecule has 0 saturated heterocycles. The summed E-state index contributed by atoms with van der Waals surface area (Å²) >= 11 is 0.973. The maximum atomic E-state index is 13.0. The molecule has 5 nitrogen and oxygen atoms in total. The van der Waals surface area contributed by atoms with E-state index in [1.54, 1.807) is 6.92 Å². The fraction of sp³-hybridized carbons (Fsp3) is 0.154. The van der Waals surface area contributed by atoms with Crippen molar-refractivity contribution in [3.8, 4) is 0 Å². The molecule has 0 amide bonds. The minimum Gasteiger partial charge on any atom is -0.465 e. The van der Waals surface area contributed by atoms with E-state index in [0.29, 0.717) is 5.56 Å². The van der Waals surface area contributed by atoms with Crippen LogP contribution in [-0.2, 0) is 14.8 Å². The van der Waals surface area contributed by atoms with Crippen LogP contribution >= 0.6 is 11.3 Å². The Labute approximate surface area is 125 Å². The van der Waals surface area contributed by atoms with Crippen molar-refractivity contribution in [3.05, 3.63) is 45.9 Å². The Balaban J connectivity index is 2.39. The van der Waals surface area contributed by atoms with Crippen LogP contribution in [0.2, 0.25) is 0 Å². The molecule has 0 spiro atoms. The fourth-order valence-corrected chi connectivity index (χ4v) is 4.16. The third kappa shape index (κ3) is 3.22. The van der Waals surface area contributed by atoms with E-state index in [0.717, 1.165) is 17.4 Å². The van der Waals surface area contributed by atoms with Gasteiger partial charge in [-0.3, -0.25) is 4.72 Å². The van der Waals surface area contributed by atoms with Crippen LogP contribution in [0.1, 0.15) is 15.2 Å². The Hall–Kier alpha value is -1.93. The Kier molecular flexibility index (Phi) is 4.29. The summed E-state index contributed by atoms with van der Waals surface area (Å²) in [6.45, 7) is 1.58. The number of benzene rings is 1. The van der Waals surface area contributed by atoms with Gasteiger partial charge in [0.25, 0.3) is 10.0 Å². The fourth-order valence-electron chi connectivity index (χ4n) is 1.69. The second kappa shape index (κ2) is 5.82. The average Bonchev–Trinajstić information content (AvgIpc) is 2.91. The molecule has 0 fully saturated rings. The van der Waals surface area contributed by atoms with Crippen molar-refractivity contribution in [2.24, 2.45) is 0 Å². The molecule has 0 atom stereocenters. The third-order valence-corrected chi connectivity index (χ3v) is 5.15. The monoisotopic (exact) mass is 329 g/mol. The Morgan fingerprint density at radius 2 is 2.05 bits per heavy atom. The van der Waals surface area contributed by atoms with Crippen LogP contribution in [0.15, 0.2) is 34.5 Å². The summed E-state index contributed by atoms with van der Waals surface area (Å²) in [7, 11) is -2.78. The van der Waals surface area contributed by atoms with Gasteiger partial charge in [0, 0.05) is 0 Å². The SMILES string of the molecule is COC(=O)c1sccc1S(=O)(=O)Nc1ccc(F)cc1C. The van der Waals surface area contributed by atoms with Crippen molar-refractivity contribution < 1.29 is 22.3 Å². The van der Waals surface area contributed by atoms with E-state index < -0.39 is 21.8 Å². The predicted molar refractivity (Wildman–Crippen MR) is 77.6 cm³/mol. The molecule has 1 aromatic carbocycles. The van der Waals surface area contributed by atoms with Crippen molar-refractivity contribution in [1.82, 2.24) is 0 Å². The van der Waals surface area contributed by atoms with Crippen LogP contribution in [0, 0.1) is 12.7 Å². The highest BCUT2D eigenvalue weighted by atomic mass is 32.2. The molecule has 8 heteroatoms. The molecule has 2 rings (SSSR count). The number of sulfonamides is 1. The first-order valence-corrected chi connectivity index (χ1v) is 8.16. The van der Waals surface area contributed by atoms with Gasteiger partial charge >= 0.3 is 5.97 Å². The molecule has 0 saturated carbocycles. The number of hydrogen-bond donors (Lipinski definition) is 1. The molecule has 0 unspecified atom stereocenters. The van der Waals surface area contributed by atoms with Gasteiger partial charge in [-0.2, -0.15) is 0 Å². The second-order valence-electron chi connectivity index (χ2n) is 4.17. The summed E-state index contributed by atoms with van der Waals surface area (Å²) in [6.07, 6.45) is 0. The van der Waals surface area contributed by atoms with Gasteiger partial charge in [-0.15, -0.1) is 11.3 Å². The van der Waals surface area contributed by atoms with Crippen molar-refractivity contribution in [2.75, 3.05) is 11.8 Å². The second-order valence-corrected chi connectivity index (χ2v) is 6.74. The van der Waals surface area contributed by atoms with Gasteiger partial charge in [-0.05, 0) is 42.1 Å². The Morgan fingerprint density at radius 1 is 1.33 bits per heavy atom. The summed E-state index contributed by atoms with van der Waals surface area (Å²) in [6, 6.07) is 5.01. The van der Waals surface area contributed by atoms with Gasteiger partial charge in [0.05, 0.1) is 12.8 Å². The number of ether oxygens (including phenoxy) is 1. The molecule has 1 N–H and O–H groups in total.